The second kappa shape index (κ2) is 7.84. The third-order valence-corrected chi connectivity index (χ3v) is 6.91. The standard InChI is InChI=1S/C30H28O4/c1-17-14-18(2)26(16-23(17)31)33-24-12-8-6-10-21(24)30(5)22-11-7-9-13-25(22)34-29-20(4)15-19(3)28(32)27(29)30/h6-16,31-32H,1-5H3/t30-/m0/s1. The molecule has 1 atom stereocenters. The zero-order chi connectivity index (χ0) is 24.2. The highest BCUT2D eigenvalue weighted by atomic mass is 16.5. The molecule has 4 aromatic rings. The smallest absolute Gasteiger partial charge is 0.138 e. The van der Waals surface area contributed by atoms with Crippen LogP contribution in [0.5, 0.6) is 34.5 Å². The minimum absolute atomic E-state index is 0.190. The summed E-state index contributed by atoms with van der Waals surface area (Å²) in [5, 5.41) is 21.6. The number of phenols is 2. The zero-order valence-electron chi connectivity index (χ0n) is 20.1. The van der Waals surface area contributed by atoms with E-state index >= 15 is 0 Å². The molecule has 2 N–H and O–H groups in total. The molecule has 0 aliphatic carbocycles. The predicted molar refractivity (Wildman–Crippen MR) is 134 cm³/mol. The van der Waals surface area contributed by atoms with E-state index in [1.807, 2.05) is 88.4 Å². The van der Waals surface area contributed by atoms with E-state index in [1.54, 1.807) is 6.07 Å². The normalized spacial score (nSPS) is 16.4. The lowest BCUT2D eigenvalue weighted by atomic mass is 9.68. The number of para-hydroxylation sites is 2. The van der Waals surface area contributed by atoms with E-state index in [0.717, 1.165) is 44.7 Å². The van der Waals surface area contributed by atoms with Crippen molar-refractivity contribution in [2.24, 2.45) is 0 Å². The molecule has 0 bridgehead atoms. The quantitative estimate of drug-likeness (QED) is 0.336. The second-order valence-electron chi connectivity index (χ2n) is 9.29. The van der Waals surface area contributed by atoms with Crippen molar-refractivity contribution < 1.29 is 19.7 Å². The molecule has 4 nitrogen and oxygen atoms in total. The van der Waals surface area contributed by atoms with Gasteiger partial charge < -0.3 is 19.7 Å². The van der Waals surface area contributed by atoms with Gasteiger partial charge in [-0.05, 0) is 81.1 Å². The van der Waals surface area contributed by atoms with E-state index in [-0.39, 0.29) is 11.5 Å². The first-order valence-corrected chi connectivity index (χ1v) is 11.4. The monoisotopic (exact) mass is 452 g/mol. The summed E-state index contributed by atoms with van der Waals surface area (Å²) in [6, 6.07) is 21.3. The molecule has 4 heteroatoms. The molecule has 0 spiro atoms. The number of ether oxygens (including phenoxy) is 2. The molecule has 172 valence electrons. The molecule has 0 radical (unpaired) electrons. The summed E-state index contributed by atoms with van der Waals surface area (Å²) in [5.41, 5.74) is 5.30. The Kier molecular flexibility index (Phi) is 5.05. The molecule has 34 heavy (non-hydrogen) atoms. The maximum Gasteiger partial charge on any atom is 0.138 e. The first-order valence-electron chi connectivity index (χ1n) is 11.4. The molecule has 0 fully saturated rings. The third kappa shape index (κ3) is 3.21. The third-order valence-electron chi connectivity index (χ3n) is 6.91. The summed E-state index contributed by atoms with van der Waals surface area (Å²) < 4.78 is 12.8. The van der Waals surface area contributed by atoms with Crippen LogP contribution in [0.2, 0.25) is 0 Å². The summed E-state index contributed by atoms with van der Waals surface area (Å²) in [7, 11) is 0. The fourth-order valence-electron chi connectivity index (χ4n) is 5.07. The molecule has 5 rings (SSSR count). The number of hydrogen-bond donors (Lipinski definition) is 2. The van der Waals surface area contributed by atoms with Crippen molar-refractivity contribution in [1.82, 2.24) is 0 Å². The molecule has 0 saturated heterocycles. The predicted octanol–water partition coefficient (Wildman–Crippen LogP) is 7.58. The summed E-state index contributed by atoms with van der Waals surface area (Å²) in [6.45, 7) is 9.84. The Morgan fingerprint density at radius 3 is 2.12 bits per heavy atom. The van der Waals surface area contributed by atoms with Crippen LogP contribution < -0.4 is 9.47 Å². The molecule has 0 amide bonds. The fraction of sp³-hybridized carbons (Fsp3) is 0.200. The van der Waals surface area contributed by atoms with Gasteiger partial charge in [0.25, 0.3) is 0 Å². The maximum absolute atomic E-state index is 11.3. The Morgan fingerprint density at radius 2 is 1.35 bits per heavy atom. The zero-order valence-corrected chi connectivity index (χ0v) is 20.1. The lowest BCUT2D eigenvalue weighted by Gasteiger charge is -2.40. The van der Waals surface area contributed by atoms with Crippen molar-refractivity contribution >= 4 is 0 Å². The number of aryl methyl sites for hydroxylation is 4. The number of rotatable bonds is 3. The van der Waals surface area contributed by atoms with Crippen molar-refractivity contribution in [1.29, 1.82) is 0 Å². The number of phenolic OH excluding ortho intramolecular Hbond substituents is 2. The Balaban J connectivity index is 1.79. The SMILES string of the molecule is Cc1cc(C)c(Oc2ccccc2[C@@]2(C)c3ccccc3Oc3c(C)cc(C)c(O)c32)cc1O. The Labute approximate surface area is 200 Å². The molecule has 4 aromatic carbocycles. The van der Waals surface area contributed by atoms with E-state index in [2.05, 4.69) is 6.92 Å². The van der Waals surface area contributed by atoms with Crippen LogP contribution in [-0.2, 0) is 5.41 Å². The molecule has 0 aromatic heterocycles. The van der Waals surface area contributed by atoms with Crippen LogP contribution in [0.4, 0.5) is 0 Å². The van der Waals surface area contributed by atoms with Crippen LogP contribution >= 0.6 is 0 Å². The largest absolute Gasteiger partial charge is 0.508 e. The van der Waals surface area contributed by atoms with Gasteiger partial charge in [0.15, 0.2) is 0 Å². The molecule has 0 saturated carbocycles. The number of aromatic hydroxyl groups is 2. The van der Waals surface area contributed by atoms with E-state index in [1.165, 1.54) is 0 Å². The lowest BCUT2D eigenvalue weighted by Crippen LogP contribution is -2.30. The van der Waals surface area contributed by atoms with Crippen molar-refractivity contribution in [2.45, 2.75) is 40.0 Å². The van der Waals surface area contributed by atoms with Crippen LogP contribution in [0.1, 0.15) is 45.9 Å². The van der Waals surface area contributed by atoms with E-state index in [4.69, 9.17) is 9.47 Å². The summed E-state index contributed by atoms with van der Waals surface area (Å²) in [5.74, 6) is 3.07. The molecular weight excluding hydrogens is 424 g/mol. The van der Waals surface area contributed by atoms with Gasteiger partial charge in [-0.15, -0.1) is 0 Å². The minimum atomic E-state index is -0.748. The average Bonchev–Trinajstić information content (AvgIpc) is 2.81. The topological polar surface area (TPSA) is 58.9 Å². The van der Waals surface area contributed by atoms with Gasteiger partial charge in [0.2, 0.25) is 0 Å². The summed E-state index contributed by atoms with van der Waals surface area (Å²) in [4.78, 5) is 0. The van der Waals surface area contributed by atoms with Crippen LogP contribution in [-0.4, -0.2) is 10.2 Å². The minimum Gasteiger partial charge on any atom is -0.508 e. The molecular formula is C30H28O4. The van der Waals surface area contributed by atoms with Gasteiger partial charge in [-0.3, -0.25) is 0 Å². The van der Waals surface area contributed by atoms with Crippen LogP contribution in [0.25, 0.3) is 0 Å². The van der Waals surface area contributed by atoms with E-state index in [0.29, 0.717) is 17.2 Å². The van der Waals surface area contributed by atoms with E-state index < -0.39 is 5.41 Å². The molecule has 1 aliphatic rings. The number of fused-ring (bicyclic) bond motifs is 2. The number of hydrogen-bond acceptors (Lipinski definition) is 4. The molecule has 1 aliphatic heterocycles. The van der Waals surface area contributed by atoms with Crippen molar-refractivity contribution in [3.05, 3.63) is 106 Å². The first-order chi connectivity index (χ1) is 16.2. The Morgan fingerprint density at radius 1 is 0.706 bits per heavy atom. The van der Waals surface area contributed by atoms with Crippen molar-refractivity contribution in [3.63, 3.8) is 0 Å². The van der Waals surface area contributed by atoms with Gasteiger partial charge in [0.05, 0.1) is 11.0 Å². The van der Waals surface area contributed by atoms with Crippen molar-refractivity contribution in [3.8, 4) is 34.5 Å². The highest BCUT2D eigenvalue weighted by Gasteiger charge is 2.44. The molecule has 1 heterocycles. The van der Waals surface area contributed by atoms with Gasteiger partial charge in [-0.1, -0.05) is 36.4 Å². The van der Waals surface area contributed by atoms with E-state index in [9.17, 15) is 10.2 Å². The highest BCUT2D eigenvalue weighted by molar-refractivity contribution is 5.71. The lowest BCUT2D eigenvalue weighted by molar-refractivity contribution is 0.389. The van der Waals surface area contributed by atoms with Gasteiger partial charge >= 0.3 is 0 Å². The summed E-state index contributed by atoms with van der Waals surface area (Å²) >= 11 is 0. The second-order valence-corrected chi connectivity index (χ2v) is 9.29. The number of benzene rings is 4. The first kappa shape index (κ1) is 21.9. The van der Waals surface area contributed by atoms with Crippen molar-refractivity contribution in [2.75, 3.05) is 0 Å². The van der Waals surface area contributed by atoms with Gasteiger partial charge in [0, 0.05) is 17.2 Å². The Bertz CT molecular complexity index is 1440. The summed E-state index contributed by atoms with van der Waals surface area (Å²) in [6.07, 6.45) is 0. The van der Waals surface area contributed by atoms with Gasteiger partial charge in [-0.25, -0.2) is 0 Å². The van der Waals surface area contributed by atoms with Gasteiger partial charge in [-0.2, -0.15) is 0 Å². The Hall–Kier alpha value is -3.92. The maximum atomic E-state index is 11.3. The van der Waals surface area contributed by atoms with Crippen LogP contribution in [0.3, 0.4) is 0 Å². The van der Waals surface area contributed by atoms with Crippen LogP contribution in [0, 0.1) is 27.7 Å². The fourth-order valence-corrected chi connectivity index (χ4v) is 5.07. The highest BCUT2D eigenvalue weighted by Crippen LogP contribution is 2.57. The molecule has 0 unspecified atom stereocenters. The van der Waals surface area contributed by atoms with Gasteiger partial charge in [0.1, 0.15) is 34.5 Å². The van der Waals surface area contributed by atoms with Crippen LogP contribution in [0.15, 0.2) is 66.7 Å². The average molecular weight is 453 g/mol.